The minimum atomic E-state index is -0.280. The van der Waals surface area contributed by atoms with Crippen LogP contribution in [0.4, 0.5) is 0 Å². The van der Waals surface area contributed by atoms with Crippen molar-refractivity contribution in [2.24, 2.45) is 11.1 Å². The molecule has 0 radical (unpaired) electrons. The van der Waals surface area contributed by atoms with Crippen LogP contribution in [-0.4, -0.2) is 12.5 Å². The Bertz CT molecular complexity index is 347. The lowest BCUT2D eigenvalue weighted by atomic mass is 9.85. The third-order valence-corrected chi connectivity index (χ3v) is 4.31. The van der Waals surface area contributed by atoms with E-state index in [2.05, 4.69) is 5.32 Å². The molecule has 17 heavy (non-hydrogen) atoms. The molecule has 1 aliphatic rings. The van der Waals surface area contributed by atoms with Gasteiger partial charge in [-0.25, -0.2) is 0 Å². The number of thiophene rings is 1. The Morgan fingerprint density at radius 2 is 2.18 bits per heavy atom. The maximum atomic E-state index is 12.1. The molecule has 5 heteroatoms. The number of carbonyl (C=O) groups excluding carboxylic acids is 1. The van der Waals surface area contributed by atoms with Gasteiger partial charge in [-0.05, 0) is 24.3 Å². The Kier molecular flexibility index (Phi) is 5.43. The number of carbonyl (C=O) groups is 1. The molecule has 96 valence electrons. The van der Waals surface area contributed by atoms with Crippen molar-refractivity contribution in [2.75, 3.05) is 6.54 Å². The summed E-state index contributed by atoms with van der Waals surface area (Å²) >= 11 is 1.67. The molecule has 3 nitrogen and oxygen atoms in total. The van der Waals surface area contributed by atoms with E-state index in [1.807, 2.05) is 17.5 Å². The lowest BCUT2D eigenvalue weighted by molar-refractivity contribution is -0.130. The summed E-state index contributed by atoms with van der Waals surface area (Å²) in [5.41, 5.74) is 5.48. The van der Waals surface area contributed by atoms with Gasteiger partial charge >= 0.3 is 0 Å². The summed E-state index contributed by atoms with van der Waals surface area (Å²) in [5.74, 6) is 0.140. The summed E-state index contributed by atoms with van der Waals surface area (Å²) in [6.45, 7) is 1.11. The van der Waals surface area contributed by atoms with Gasteiger partial charge in [0.15, 0.2) is 0 Å². The van der Waals surface area contributed by atoms with Crippen LogP contribution in [0.3, 0.4) is 0 Å². The smallest absolute Gasteiger partial charge is 0.227 e. The van der Waals surface area contributed by atoms with Gasteiger partial charge in [-0.2, -0.15) is 0 Å². The lowest BCUT2D eigenvalue weighted by Gasteiger charge is -2.25. The summed E-state index contributed by atoms with van der Waals surface area (Å²) in [6.07, 6.45) is 4.15. The molecule has 0 unspecified atom stereocenters. The molecule has 1 aromatic rings. The quantitative estimate of drug-likeness (QED) is 0.885. The molecule has 0 spiro atoms. The van der Waals surface area contributed by atoms with E-state index in [9.17, 15) is 4.79 Å². The van der Waals surface area contributed by atoms with Crippen molar-refractivity contribution < 1.29 is 4.79 Å². The zero-order valence-corrected chi connectivity index (χ0v) is 11.4. The lowest BCUT2D eigenvalue weighted by Crippen LogP contribution is -2.43. The van der Waals surface area contributed by atoms with E-state index in [0.717, 1.165) is 25.7 Å². The number of halogens is 1. The minimum Gasteiger partial charge on any atom is -0.351 e. The monoisotopic (exact) mass is 274 g/mol. The molecule has 2 rings (SSSR count). The van der Waals surface area contributed by atoms with Crippen LogP contribution >= 0.6 is 23.7 Å². The highest BCUT2D eigenvalue weighted by Gasteiger charge is 2.39. The third kappa shape index (κ3) is 3.21. The molecule has 1 aliphatic carbocycles. The van der Waals surface area contributed by atoms with Gasteiger partial charge in [0, 0.05) is 11.4 Å². The topological polar surface area (TPSA) is 55.1 Å². The highest BCUT2D eigenvalue weighted by atomic mass is 35.5. The Morgan fingerprint density at radius 1 is 1.47 bits per heavy atom. The van der Waals surface area contributed by atoms with Gasteiger partial charge < -0.3 is 11.1 Å². The number of rotatable bonds is 4. The summed E-state index contributed by atoms with van der Waals surface area (Å²) in [5, 5.41) is 5.03. The van der Waals surface area contributed by atoms with Crippen LogP contribution in [-0.2, 0) is 11.3 Å². The van der Waals surface area contributed by atoms with Crippen molar-refractivity contribution in [2.45, 2.75) is 32.2 Å². The Balaban J connectivity index is 0.00000144. The molecular formula is C12H19ClN2OS. The zero-order chi connectivity index (χ0) is 11.4. The van der Waals surface area contributed by atoms with Gasteiger partial charge in [-0.15, -0.1) is 23.7 Å². The van der Waals surface area contributed by atoms with Gasteiger partial charge in [0.05, 0.1) is 12.0 Å². The van der Waals surface area contributed by atoms with E-state index in [1.165, 1.54) is 4.88 Å². The van der Waals surface area contributed by atoms with Crippen molar-refractivity contribution in [1.29, 1.82) is 0 Å². The van der Waals surface area contributed by atoms with Gasteiger partial charge in [-0.3, -0.25) is 4.79 Å². The molecule has 1 saturated carbocycles. The van der Waals surface area contributed by atoms with E-state index in [4.69, 9.17) is 5.73 Å². The number of nitrogens with one attached hydrogen (secondary N) is 1. The molecule has 1 heterocycles. The molecule has 0 aliphatic heterocycles. The van der Waals surface area contributed by atoms with Crippen molar-refractivity contribution >= 4 is 29.7 Å². The average molecular weight is 275 g/mol. The number of amides is 1. The second-order valence-electron chi connectivity index (χ2n) is 4.45. The van der Waals surface area contributed by atoms with Crippen LogP contribution in [0, 0.1) is 5.41 Å². The first kappa shape index (κ1) is 14.5. The first-order valence-electron chi connectivity index (χ1n) is 5.78. The summed E-state index contributed by atoms with van der Waals surface area (Å²) in [6, 6.07) is 4.04. The molecular weight excluding hydrogens is 256 g/mol. The van der Waals surface area contributed by atoms with Crippen LogP contribution in [0.5, 0.6) is 0 Å². The molecule has 0 bridgehead atoms. The predicted molar refractivity (Wildman–Crippen MR) is 73.4 cm³/mol. The van der Waals surface area contributed by atoms with Crippen molar-refractivity contribution in [1.82, 2.24) is 5.32 Å². The molecule has 0 saturated heterocycles. The molecule has 0 atom stereocenters. The first-order valence-corrected chi connectivity index (χ1v) is 6.65. The number of nitrogens with two attached hydrogens (primary N) is 1. The van der Waals surface area contributed by atoms with Gasteiger partial charge in [-0.1, -0.05) is 18.9 Å². The van der Waals surface area contributed by atoms with E-state index in [-0.39, 0.29) is 23.7 Å². The highest BCUT2D eigenvalue weighted by molar-refractivity contribution is 7.09. The second-order valence-corrected chi connectivity index (χ2v) is 5.49. The molecule has 1 aromatic heterocycles. The van der Waals surface area contributed by atoms with Crippen LogP contribution < -0.4 is 11.1 Å². The highest BCUT2D eigenvalue weighted by Crippen LogP contribution is 2.37. The van der Waals surface area contributed by atoms with E-state index in [1.54, 1.807) is 11.3 Å². The Morgan fingerprint density at radius 3 is 2.71 bits per heavy atom. The van der Waals surface area contributed by atoms with Crippen LogP contribution in [0.25, 0.3) is 0 Å². The van der Waals surface area contributed by atoms with Gasteiger partial charge in [0.1, 0.15) is 0 Å². The first-order chi connectivity index (χ1) is 7.77. The number of hydrogen-bond acceptors (Lipinski definition) is 3. The van der Waals surface area contributed by atoms with Crippen molar-refractivity contribution in [3.63, 3.8) is 0 Å². The largest absolute Gasteiger partial charge is 0.351 e. The minimum absolute atomic E-state index is 0. The number of hydrogen-bond donors (Lipinski definition) is 2. The fraction of sp³-hybridized carbons (Fsp3) is 0.583. The SMILES string of the molecule is Cl.NCC1(C(=O)NCc2cccs2)CCCC1. The summed E-state index contributed by atoms with van der Waals surface area (Å²) in [7, 11) is 0. The van der Waals surface area contributed by atoms with Crippen LogP contribution in [0.1, 0.15) is 30.6 Å². The Labute approximate surface area is 112 Å². The van der Waals surface area contributed by atoms with Crippen molar-refractivity contribution in [3.05, 3.63) is 22.4 Å². The summed E-state index contributed by atoms with van der Waals surface area (Å²) in [4.78, 5) is 13.3. The van der Waals surface area contributed by atoms with Crippen molar-refractivity contribution in [3.8, 4) is 0 Å². The maximum Gasteiger partial charge on any atom is 0.227 e. The molecule has 1 fully saturated rings. The third-order valence-electron chi connectivity index (χ3n) is 3.44. The van der Waals surface area contributed by atoms with E-state index < -0.39 is 0 Å². The maximum absolute atomic E-state index is 12.1. The average Bonchev–Trinajstić information content (AvgIpc) is 2.97. The zero-order valence-electron chi connectivity index (χ0n) is 9.78. The Hall–Kier alpha value is -0.580. The van der Waals surface area contributed by atoms with Crippen LogP contribution in [0.15, 0.2) is 17.5 Å². The normalized spacial score (nSPS) is 17.5. The van der Waals surface area contributed by atoms with E-state index in [0.29, 0.717) is 13.1 Å². The second kappa shape index (κ2) is 6.38. The van der Waals surface area contributed by atoms with E-state index >= 15 is 0 Å². The fourth-order valence-electron chi connectivity index (χ4n) is 2.34. The standard InChI is InChI=1S/C12H18N2OS.ClH/c13-9-12(5-1-2-6-12)11(15)14-8-10-4-3-7-16-10;/h3-4,7H,1-2,5-6,8-9,13H2,(H,14,15);1H. The predicted octanol–water partition coefficient (Wildman–Crippen LogP) is 2.31. The molecule has 3 N–H and O–H groups in total. The molecule has 1 amide bonds. The fourth-order valence-corrected chi connectivity index (χ4v) is 2.99. The molecule has 0 aromatic carbocycles. The van der Waals surface area contributed by atoms with Gasteiger partial charge in [0.2, 0.25) is 5.91 Å². The summed E-state index contributed by atoms with van der Waals surface area (Å²) < 4.78 is 0. The van der Waals surface area contributed by atoms with Gasteiger partial charge in [0.25, 0.3) is 0 Å². The van der Waals surface area contributed by atoms with Crippen LogP contribution in [0.2, 0.25) is 0 Å².